The Morgan fingerprint density at radius 1 is 1.32 bits per heavy atom. The Morgan fingerprint density at radius 3 is 2.68 bits per heavy atom. The Balaban J connectivity index is 1.77. The summed E-state index contributed by atoms with van der Waals surface area (Å²) in [5.74, 6) is 0.652. The number of aromatic nitrogens is 1. The molecule has 1 aliphatic rings. The quantitative estimate of drug-likeness (QED) is 0.787. The molecule has 1 aromatic heterocycles. The number of nitrogens with one attached hydrogen (secondary N) is 1. The molecule has 0 unspecified atom stereocenters. The van der Waals surface area contributed by atoms with Crippen LogP contribution in [0.1, 0.15) is 54.6 Å². The Kier molecular flexibility index (Phi) is 6.07. The molecule has 3 N–H and O–H groups in total. The third-order valence-corrected chi connectivity index (χ3v) is 4.28. The molecule has 0 spiro atoms. The zero-order chi connectivity index (χ0) is 15.9. The van der Waals surface area contributed by atoms with Crippen LogP contribution in [0, 0.1) is 12.8 Å². The molecule has 1 fully saturated rings. The largest absolute Gasteiger partial charge is 0.353 e. The molecule has 1 aliphatic carbocycles. The predicted molar refractivity (Wildman–Crippen MR) is 85.5 cm³/mol. The molecule has 0 saturated heterocycles. The summed E-state index contributed by atoms with van der Waals surface area (Å²) in [5.41, 5.74) is 7.00. The second-order valence-electron chi connectivity index (χ2n) is 6.14. The monoisotopic (exact) mass is 303 g/mol. The van der Waals surface area contributed by atoms with Crippen molar-refractivity contribution in [3.05, 3.63) is 29.6 Å². The highest BCUT2D eigenvalue weighted by molar-refractivity contribution is 5.96. The van der Waals surface area contributed by atoms with Gasteiger partial charge in [-0.25, -0.2) is 0 Å². The summed E-state index contributed by atoms with van der Waals surface area (Å²) in [6.45, 7) is 2.28. The fourth-order valence-corrected chi connectivity index (χ4v) is 3.04. The zero-order valence-electron chi connectivity index (χ0n) is 13.2. The van der Waals surface area contributed by atoms with Gasteiger partial charge in [0, 0.05) is 42.9 Å². The van der Waals surface area contributed by atoms with E-state index in [0.717, 1.165) is 36.9 Å². The molecule has 1 aromatic rings. The average molecular weight is 303 g/mol. The number of nitrogens with two attached hydrogens (primary N) is 1. The predicted octanol–water partition coefficient (Wildman–Crippen LogP) is 1.99. The van der Waals surface area contributed by atoms with Crippen molar-refractivity contribution in [3.63, 3.8) is 0 Å². The van der Waals surface area contributed by atoms with Crippen LogP contribution in [0.5, 0.6) is 0 Å². The van der Waals surface area contributed by atoms with Crippen LogP contribution in [0.15, 0.2) is 18.3 Å². The van der Waals surface area contributed by atoms with Gasteiger partial charge in [0.05, 0.1) is 0 Å². The normalized spacial score (nSPS) is 21.4. The molecule has 0 aliphatic heterocycles. The Bertz CT molecular complexity index is 522. The number of Topliss-reactive ketones (excluding diaryl/α,β-unsaturated/α-hetero) is 1. The van der Waals surface area contributed by atoms with Gasteiger partial charge in [-0.2, -0.15) is 0 Å². The van der Waals surface area contributed by atoms with Crippen molar-refractivity contribution in [2.45, 2.75) is 51.5 Å². The van der Waals surface area contributed by atoms with Gasteiger partial charge < -0.3 is 11.1 Å². The maximum atomic E-state index is 12.3. The Hall–Kier alpha value is -1.75. The fourth-order valence-electron chi connectivity index (χ4n) is 3.04. The molecule has 22 heavy (non-hydrogen) atoms. The van der Waals surface area contributed by atoms with Crippen molar-refractivity contribution >= 4 is 11.7 Å². The molecule has 5 nitrogen and oxygen atoms in total. The highest BCUT2D eigenvalue weighted by Crippen LogP contribution is 2.28. The van der Waals surface area contributed by atoms with E-state index in [-0.39, 0.29) is 17.7 Å². The molecule has 2 rings (SSSR count). The number of rotatable bonds is 6. The van der Waals surface area contributed by atoms with E-state index in [0.29, 0.717) is 25.3 Å². The molecule has 0 radical (unpaired) electrons. The number of pyridine rings is 1. The number of nitrogens with zero attached hydrogens (tertiary/aromatic N) is 1. The summed E-state index contributed by atoms with van der Waals surface area (Å²) in [7, 11) is 0. The van der Waals surface area contributed by atoms with Crippen molar-refractivity contribution in [3.8, 4) is 0 Å². The van der Waals surface area contributed by atoms with E-state index < -0.39 is 0 Å². The minimum Gasteiger partial charge on any atom is -0.353 e. The number of carbonyl (C=O) groups excluding carboxylic acids is 2. The van der Waals surface area contributed by atoms with E-state index in [2.05, 4.69) is 10.3 Å². The van der Waals surface area contributed by atoms with Gasteiger partial charge in [-0.1, -0.05) is 0 Å². The highest BCUT2D eigenvalue weighted by Gasteiger charge is 2.24. The van der Waals surface area contributed by atoms with Crippen molar-refractivity contribution in [2.75, 3.05) is 6.54 Å². The van der Waals surface area contributed by atoms with Crippen LogP contribution in [-0.2, 0) is 4.79 Å². The first-order valence-electron chi connectivity index (χ1n) is 8.03. The first-order chi connectivity index (χ1) is 10.6. The van der Waals surface area contributed by atoms with Crippen LogP contribution < -0.4 is 11.1 Å². The molecule has 0 bridgehead atoms. The van der Waals surface area contributed by atoms with Crippen LogP contribution in [0.3, 0.4) is 0 Å². The zero-order valence-corrected chi connectivity index (χ0v) is 13.2. The molecule has 0 aromatic carbocycles. The van der Waals surface area contributed by atoms with Gasteiger partial charge in [-0.05, 0) is 50.7 Å². The van der Waals surface area contributed by atoms with Crippen LogP contribution in [0.4, 0.5) is 0 Å². The van der Waals surface area contributed by atoms with Crippen LogP contribution in [0.25, 0.3) is 0 Å². The third kappa shape index (κ3) is 4.91. The number of amides is 1. The number of hydrogen-bond acceptors (Lipinski definition) is 4. The number of aryl methyl sites for hydroxylation is 1. The van der Waals surface area contributed by atoms with Gasteiger partial charge in [0.1, 0.15) is 0 Å². The number of ketones is 1. The summed E-state index contributed by atoms with van der Waals surface area (Å²) in [6.07, 6.45) is 6.54. The van der Waals surface area contributed by atoms with E-state index in [1.807, 2.05) is 13.0 Å². The Morgan fingerprint density at radius 2 is 2.05 bits per heavy atom. The lowest BCUT2D eigenvalue weighted by Crippen LogP contribution is -2.38. The maximum absolute atomic E-state index is 12.3. The van der Waals surface area contributed by atoms with Gasteiger partial charge in [-0.3, -0.25) is 14.6 Å². The van der Waals surface area contributed by atoms with E-state index in [1.54, 1.807) is 12.3 Å². The van der Waals surface area contributed by atoms with Gasteiger partial charge in [0.15, 0.2) is 5.78 Å². The van der Waals surface area contributed by atoms with E-state index in [9.17, 15) is 9.59 Å². The van der Waals surface area contributed by atoms with Crippen LogP contribution in [-0.4, -0.2) is 29.3 Å². The van der Waals surface area contributed by atoms with Gasteiger partial charge in [0.25, 0.3) is 0 Å². The molecule has 0 atom stereocenters. The summed E-state index contributed by atoms with van der Waals surface area (Å²) in [5, 5.41) is 3.02. The smallest absolute Gasteiger partial charge is 0.221 e. The summed E-state index contributed by atoms with van der Waals surface area (Å²) in [6, 6.07) is 3.88. The van der Waals surface area contributed by atoms with Crippen LogP contribution in [0.2, 0.25) is 0 Å². The third-order valence-electron chi connectivity index (χ3n) is 4.28. The highest BCUT2D eigenvalue weighted by atomic mass is 16.1. The van der Waals surface area contributed by atoms with Crippen molar-refractivity contribution in [1.82, 2.24) is 10.3 Å². The maximum Gasteiger partial charge on any atom is 0.221 e. The average Bonchev–Trinajstić information content (AvgIpc) is 2.49. The first kappa shape index (κ1) is 16.6. The van der Waals surface area contributed by atoms with E-state index in [1.165, 1.54) is 0 Å². The summed E-state index contributed by atoms with van der Waals surface area (Å²) >= 11 is 0. The number of carbonyl (C=O) groups is 2. The fraction of sp³-hybridized carbons (Fsp3) is 0.588. The second-order valence-corrected chi connectivity index (χ2v) is 6.14. The number of hydrogen-bond donors (Lipinski definition) is 2. The van der Waals surface area contributed by atoms with Crippen molar-refractivity contribution in [1.29, 1.82) is 0 Å². The van der Waals surface area contributed by atoms with Crippen LogP contribution >= 0.6 is 0 Å². The molecule has 5 heteroatoms. The second kappa shape index (κ2) is 8.03. The van der Waals surface area contributed by atoms with Gasteiger partial charge >= 0.3 is 0 Å². The molecule has 1 saturated carbocycles. The van der Waals surface area contributed by atoms with Crippen molar-refractivity contribution in [2.24, 2.45) is 11.7 Å². The molecular formula is C17H25N3O2. The minimum absolute atomic E-state index is 0.0364. The lowest BCUT2D eigenvalue weighted by atomic mass is 9.82. The Labute approximate surface area is 131 Å². The van der Waals surface area contributed by atoms with E-state index in [4.69, 9.17) is 5.73 Å². The first-order valence-corrected chi connectivity index (χ1v) is 8.03. The topological polar surface area (TPSA) is 85.1 Å². The van der Waals surface area contributed by atoms with Crippen molar-refractivity contribution < 1.29 is 9.59 Å². The molecule has 120 valence electrons. The standard InChI is InChI=1S/C17H25N3O2/c1-12-10-14(7-9-19-12)16(21)11-13-2-4-15(5-3-13)20-17(22)6-8-18/h7,9-10,13,15H,2-6,8,11,18H2,1H3,(H,20,22). The van der Waals surface area contributed by atoms with Gasteiger partial charge in [-0.15, -0.1) is 0 Å². The van der Waals surface area contributed by atoms with E-state index >= 15 is 0 Å². The SMILES string of the molecule is Cc1cc(C(=O)CC2CCC(NC(=O)CCN)CC2)ccn1. The molecule has 1 heterocycles. The summed E-state index contributed by atoms with van der Waals surface area (Å²) < 4.78 is 0. The summed E-state index contributed by atoms with van der Waals surface area (Å²) in [4.78, 5) is 28.0. The van der Waals surface area contributed by atoms with Gasteiger partial charge in [0.2, 0.25) is 5.91 Å². The molecular weight excluding hydrogens is 278 g/mol. The lowest BCUT2D eigenvalue weighted by molar-refractivity contribution is -0.121. The molecule has 1 amide bonds. The minimum atomic E-state index is 0.0364. The lowest BCUT2D eigenvalue weighted by Gasteiger charge is -2.28.